The minimum absolute atomic E-state index is 0.00541. The molecule has 0 aliphatic carbocycles. The lowest BCUT2D eigenvalue weighted by Gasteiger charge is -2.26. The van der Waals surface area contributed by atoms with Crippen molar-refractivity contribution < 1.29 is 14.3 Å². The average Bonchev–Trinajstić information content (AvgIpc) is 2.60. The van der Waals surface area contributed by atoms with Gasteiger partial charge in [-0.25, -0.2) is 0 Å². The number of carbonyl (C=O) groups excluding carboxylic acids is 1. The van der Waals surface area contributed by atoms with Gasteiger partial charge in [0.05, 0.1) is 6.54 Å². The van der Waals surface area contributed by atoms with Gasteiger partial charge in [0.2, 0.25) is 5.91 Å². The molecule has 126 valence electrons. The van der Waals surface area contributed by atoms with Crippen molar-refractivity contribution in [2.24, 2.45) is 0 Å². The Bertz CT molecular complexity index is 732. The summed E-state index contributed by atoms with van der Waals surface area (Å²) in [7, 11) is 0. The van der Waals surface area contributed by atoms with Gasteiger partial charge in [0, 0.05) is 11.4 Å². The van der Waals surface area contributed by atoms with E-state index in [1.54, 1.807) is 0 Å². The van der Waals surface area contributed by atoms with Gasteiger partial charge in [-0.3, -0.25) is 4.79 Å². The second-order valence-electron chi connectivity index (χ2n) is 5.89. The largest absolute Gasteiger partial charge is 0.486 e. The summed E-state index contributed by atoms with van der Waals surface area (Å²) < 4.78 is 11.4. The lowest BCUT2D eigenvalue weighted by atomic mass is 10.1. The number of amides is 1. The molecule has 1 atom stereocenters. The Hall–Kier alpha value is -2.20. The molecule has 24 heavy (non-hydrogen) atoms. The number of hydrogen-bond donors (Lipinski definition) is 1. The summed E-state index contributed by atoms with van der Waals surface area (Å²) in [5.74, 6) is 1.46. The maximum atomic E-state index is 12.0. The molecular weight excluding hydrogens is 326 g/mol. The fraction of sp³-hybridized carbons (Fsp3) is 0.316. The van der Waals surface area contributed by atoms with E-state index in [0.29, 0.717) is 26.0 Å². The molecule has 1 aliphatic rings. The van der Waals surface area contributed by atoms with Gasteiger partial charge in [-0.05, 0) is 42.7 Å². The number of ether oxygens (including phenoxy) is 2. The van der Waals surface area contributed by atoms with Crippen molar-refractivity contribution in [3.63, 3.8) is 0 Å². The molecule has 1 aliphatic heterocycles. The van der Waals surface area contributed by atoms with Crippen LogP contribution in [0.1, 0.15) is 17.5 Å². The molecule has 0 fully saturated rings. The molecule has 0 saturated heterocycles. The highest BCUT2D eigenvalue weighted by Crippen LogP contribution is 2.30. The molecule has 0 radical (unpaired) electrons. The minimum atomic E-state index is -0.169. The molecule has 5 heteroatoms. The Morgan fingerprint density at radius 3 is 2.83 bits per heavy atom. The first-order valence-electron chi connectivity index (χ1n) is 8.02. The SMILES string of the molecule is Cc1ccc(CCC(=O)NCC2COc3ccccc3O2)cc1Cl. The number of carbonyl (C=O) groups is 1. The zero-order valence-corrected chi connectivity index (χ0v) is 14.3. The number of halogens is 1. The molecule has 1 heterocycles. The van der Waals surface area contributed by atoms with Crippen molar-refractivity contribution in [2.45, 2.75) is 25.9 Å². The zero-order valence-electron chi connectivity index (χ0n) is 13.5. The number of fused-ring (bicyclic) bond motifs is 1. The van der Waals surface area contributed by atoms with Gasteiger partial charge in [0.1, 0.15) is 12.7 Å². The summed E-state index contributed by atoms with van der Waals surface area (Å²) in [6.45, 7) is 2.83. The molecule has 0 bridgehead atoms. The number of benzene rings is 2. The molecule has 2 aromatic carbocycles. The van der Waals surface area contributed by atoms with Crippen molar-refractivity contribution in [1.29, 1.82) is 0 Å². The first-order valence-corrected chi connectivity index (χ1v) is 8.40. The van der Waals surface area contributed by atoms with E-state index in [9.17, 15) is 4.79 Å². The van der Waals surface area contributed by atoms with Gasteiger partial charge < -0.3 is 14.8 Å². The highest BCUT2D eigenvalue weighted by atomic mass is 35.5. The summed E-state index contributed by atoms with van der Waals surface area (Å²) in [4.78, 5) is 12.0. The molecule has 3 rings (SSSR count). The minimum Gasteiger partial charge on any atom is -0.486 e. The summed E-state index contributed by atoms with van der Waals surface area (Å²) in [5, 5.41) is 3.64. The fourth-order valence-corrected chi connectivity index (χ4v) is 2.73. The molecule has 0 saturated carbocycles. The van der Waals surface area contributed by atoms with Gasteiger partial charge >= 0.3 is 0 Å². The van der Waals surface area contributed by atoms with Crippen LogP contribution in [0.4, 0.5) is 0 Å². The predicted octanol–water partition coefficient (Wildman–Crippen LogP) is 3.54. The monoisotopic (exact) mass is 345 g/mol. The Kier molecular flexibility index (Phi) is 5.26. The normalized spacial score (nSPS) is 15.8. The molecule has 4 nitrogen and oxygen atoms in total. The molecule has 1 unspecified atom stereocenters. The smallest absolute Gasteiger partial charge is 0.220 e. The third kappa shape index (κ3) is 4.20. The summed E-state index contributed by atoms with van der Waals surface area (Å²) in [6, 6.07) is 13.4. The van der Waals surface area contributed by atoms with Gasteiger partial charge in [-0.2, -0.15) is 0 Å². The van der Waals surface area contributed by atoms with Crippen molar-refractivity contribution in [3.8, 4) is 11.5 Å². The first kappa shape index (κ1) is 16.7. The van der Waals surface area contributed by atoms with Crippen LogP contribution in [0.15, 0.2) is 42.5 Å². The van der Waals surface area contributed by atoms with Gasteiger partial charge in [0.25, 0.3) is 0 Å². The Morgan fingerprint density at radius 1 is 1.25 bits per heavy atom. The highest BCUT2D eigenvalue weighted by Gasteiger charge is 2.20. The van der Waals surface area contributed by atoms with Gasteiger partial charge in [0.15, 0.2) is 11.5 Å². The third-order valence-electron chi connectivity index (χ3n) is 3.97. The number of para-hydroxylation sites is 2. The maximum Gasteiger partial charge on any atom is 0.220 e. The van der Waals surface area contributed by atoms with Crippen LogP contribution in [0.5, 0.6) is 11.5 Å². The lowest BCUT2D eigenvalue weighted by molar-refractivity contribution is -0.121. The number of nitrogens with one attached hydrogen (secondary N) is 1. The van der Waals surface area contributed by atoms with Crippen LogP contribution in [0.3, 0.4) is 0 Å². The number of aryl methyl sites for hydroxylation is 2. The standard InChI is InChI=1S/C19H20ClNO3/c1-13-6-7-14(10-16(13)20)8-9-19(22)21-11-15-12-23-17-4-2-3-5-18(17)24-15/h2-7,10,15H,8-9,11-12H2,1H3,(H,21,22). The van der Waals surface area contributed by atoms with Crippen LogP contribution in [-0.4, -0.2) is 25.2 Å². The molecule has 0 spiro atoms. The fourth-order valence-electron chi connectivity index (χ4n) is 2.53. The quantitative estimate of drug-likeness (QED) is 0.901. The van der Waals surface area contributed by atoms with Crippen molar-refractivity contribution in [3.05, 3.63) is 58.6 Å². The lowest BCUT2D eigenvalue weighted by Crippen LogP contribution is -2.40. The van der Waals surface area contributed by atoms with Crippen molar-refractivity contribution in [2.75, 3.05) is 13.2 Å². The van der Waals surface area contributed by atoms with Crippen LogP contribution in [0.2, 0.25) is 5.02 Å². The highest BCUT2D eigenvalue weighted by molar-refractivity contribution is 6.31. The Morgan fingerprint density at radius 2 is 2.04 bits per heavy atom. The first-order chi connectivity index (χ1) is 11.6. The predicted molar refractivity (Wildman–Crippen MR) is 93.9 cm³/mol. The number of rotatable bonds is 5. The van der Waals surface area contributed by atoms with Crippen molar-refractivity contribution >= 4 is 17.5 Å². The summed E-state index contributed by atoms with van der Waals surface area (Å²) >= 11 is 6.10. The Balaban J connectivity index is 1.44. The van der Waals surface area contributed by atoms with Crippen LogP contribution >= 0.6 is 11.6 Å². The molecule has 1 N–H and O–H groups in total. The van der Waals surface area contributed by atoms with Gasteiger partial charge in [-0.1, -0.05) is 35.9 Å². The van der Waals surface area contributed by atoms with E-state index in [0.717, 1.165) is 27.6 Å². The number of hydrogen-bond acceptors (Lipinski definition) is 3. The zero-order chi connectivity index (χ0) is 16.9. The average molecular weight is 346 g/mol. The Labute approximate surface area is 146 Å². The molecule has 0 aromatic heterocycles. The van der Waals surface area contributed by atoms with Crippen LogP contribution in [0, 0.1) is 6.92 Å². The van der Waals surface area contributed by atoms with E-state index in [4.69, 9.17) is 21.1 Å². The second-order valence-corrected chi connectivity index (χ2v) is 6.29. The topological polar surface area (TPSA) is 47.6 Å². The third-order valence-corrected chi connectivity index (χ3v) is 4.38. The molecule has 1 amide bonds. The molecular formula is C19H20ClNO3. The van der Waals surface area contributed by atoms with E-state index in [1.165, 1.54) is 0 Å². The van der Waals surface area contributed by atoms with Gasteiger partial charge in [-0.15, -0.1) is 0 Å². The van der Waals surface area contributed by atoms with E-state index >= 15 is 0 Å². The summed E-state index contributed by atoms with van der Waals surface area (Å²) in [6.07, 6.45) is 0.915. The maximum absolute atomic E-state index is 12.0. The van der Waals surface area contributed by atoms with E-state index < -0.39 is 0 Å². The van der Waals surface area contributed by atoms with E-state index in [-0.39, 0.29) is 12.0 Å². The summed E-state index contributed by atoms with van der Waals surface area (Å²) in [5.41, 5.74) is 2.10. The second kappa shape index (κ2) is 7.58. The van der Waals surface area contributed by atoms with Crippen LogP contribution in [-0.2, 0) is 11.2 Å². The van der Waals surface area contributed by atoms with Crippen LogP contribution in [0.25, 0.3) is 0 Å². The van der Waals surface area contributed by atoms with E-state index in [2.05, 4.69) is 5.32 Å². The van der Waals surface area contributed by atoms with E-state index in [1.807, 2.05) is 49.4 Å². The van der Waals surface area contributed by atoms with Crippen molar-refractivity contribution in [1.82, 2.24) is 5.32 Å². The van der Waals surface area contributed by atoms with Crippen LogP contribution < -0.4 is 14.8 Å². The molecule has 2 aromatic rings.